The Morgan fingerprint density at radius 1 is 1.45 bits per heavy atom. The Hall–Kier alpha value is -2.31. The van der Waals surface area contributed by atoms with Gasteiger partial charge in [-0.3, -0.25) is 4.79 Å². The first-order valence-corrected chi connectivity index (χ1v) is 6.42. The molecular formula is C13H20N4O3. The lowest BCUT2D eigenvalue weighted by Crippen LogP contribution is -2.36. The first-order valence-electron chi connectivity index (χ1n) is 6.42. The van der Waals surface area contributed by atoms with Crippen molar-refractivity contribution in [2.45, 2.75) is 13.8 Å². The van der Waals surface area contributed by atoms with Crippen LogP contribution < -0.4 is 16.0 Å². The first kappa shape index (κ1) is 15.7. The predicted octanol–water partition coefficient (Wildman–Crippen LogP) is 0.413. The maximum Gasteiger partial charge on any atom is 0.340 e. The van der Waals surface area contributed by atoms with Gasteiger partial charge in [-0.1, -0.05) is 0 Å². The van der Waals surface area contributed by atoms with Crippen LogP contribution in [-0.2, 0) is 9.53 Å². The highest BCUT2D eigenvalue weighted by atomic mass is 16.5. The number of esters is 1. The zero-order chi connectivity index (χ0) is 15.1. The van der Waals surface area contributed by atoms with Crippen LogP contribution in [0, 0.1) is 0 Å². The summed E-state index contributed by atoms with van der Waals surface area (Å²) in [7, 11) is 1.56. The van der Waals surface area contributed by atoms with Crippen molar-refractivity contribution in [1.29, 1.82) is 0 Å². The number of carbonyl (C=O) groups excluding carboxylic acids is 2. The van der Waals surface area contributed by atoms with E-state index in [0.717, 1.165) is 0 Å². The van der Waals surface area contributed by atoms with Crippen molar-refractivity contribution >= 4 is 23.4 Å². The van der Waals surface area contributed by atoms with Gasteiger partial charge in [-0.05, 0) is 19.9 Å². The molecule has 1 aromatic rings. The summed E-state index contributed by atoms with van der Waals surface area (Å²) in [5.41, 5.74) is 6.45. The second-order valence-corrected chi connectivity index (χ2v) is 4.00. The molecule has 7 heteroatoms. The van der Waals surface area contributed by atoms with Crippen LogP contribution in [0.2, 0.25) is 0 Å². The lowest BCUT2D eigenvalue weighted by molar-refractivity contribution is -0.119. The fourth-order valence-corrected chi connectivity index (χ4v) is 1.69. The Labute approximate surface area is 118 Å². The maximum atomic E-state index is 11.8. The number of nitrogens with one attached hydrogen (secondary N) is 1. The molecule has 1 aromatic heterocycles. The Kier molecular flexibility index (Phi) is 5.76. The summed E-state index contributed by atoms with van der Waals surface area (Å²) in [6.07, 6.45) is 1.48. The van der Waals surface area contributed by atoms with Crippen LogP contribution in [0.25, 0.3) is 0 Å². The van der Waals surface area contributed by atoms with Crippen LogP contribution in [0.1, 0.15) is 24.2 Å². The van der Waals surface area contributed by atoms with Crippen molar-refractivity contribution in [3.63, 3.8) is 0 Å². The molecule has 0 atom stereocenters. The van der Waals surface area contributed by atoms with Crippen molar-refractivity contribution in [2.75, 3.05) is 37.4 Å². The number of amides is 1. The summed E-state index contributed by atoms with van der Waals surface area (Å²) < 4.78 is 4.93. The van der Waals surface area contributed by atoms with Gasteiger partial charge in [0.05, 0.1) is 24.4 Å². The predicted molar refractivity (Wildman–Crippen MR) is 76.6 cm³/mol. The number of nitrogens with two attached hydrogens (primary N) is 1. The molecule has 0 bridgehead atoms. The number of likely N-dealkylation sites (N-methyl/N-ethyl adjacent to an activating group) is 2. The smallest absolute Gasteiger partial charge is 0.340 e. The van der Waals surface area contributed by atoms with Crippen LogP contribution in [0.5, 0.6) is 0 Å². The minimum atomic E-state index is -0.496. The largest absolute Gasteiger partial charge is 0.462 e. The molecule has 0 aliphatic carbocycles. The van der Waals surface area contributed by atoms with Gasteiger partial charge >= 0.3 is 5.97 Å². The third-order valence-electron chi connectivity index (χ3n) is 2.76. The maximum absolute atomic E-state index is 11.8. The summed E-state index contributed by atoms with van der Waals surface area (Å²) in [5, 5.41) is 2.54. The number of hydrogen-bond donors (Lipinski definition) is 2. The number of pyridine rings is 1. The van der Waals surface area contributed by atoms with Crippen LogP contribution in [-0.4, -0.2) is 43.6 Å². The molecule has 0 saturated carbocycles. The van der Waals surface area contributed by atoms with Gasteiger partial charge in [0.1, 0.15) is 0 Å². The number of carbonyl (C=O) groups is 2. The monoisotopic (exact) mass is 280 g/mol. The van der Waals surface area contributed by atoms with Crippen LogP contribution in [0.15, 0.2) is 12.3 Å². The van der Waals surface area contributed by atoms with Crippen molar-refractivity contribution < 1.29 is 14.3 Å². The first-order chi connectivity index (χ1) is 9.54. The fraction of sp³-hybridized carbons (Fsp3) is 0.462. The third kappa shape index (κ3) is 3.59. The van der Waals surface area contributed by atoms with E-state index in [4.69, 9.17) is 10.5 Å². The topological polar surface area (TPSA) is 97.5 Å². The molecule has 1 heterocycles. The third-order valence-corrected chi connectivity index (χ3v) is 2.76. The van der Waals surface area contributed by atoms with Gasteiger partial charge in [0.2, 0.25) is 5.91 Å². The highest BCUT2D eigenvalue weighted by Crippen LogP contribution is 2.24. The molecule has 0 fully saturated rings. The van der Waals surface area contributed by atoms with Gasteiger partial charge in [0.15, 0.2) is 5.82 Å². The quantitative estimate of drug-likeness (QED) is 0.733. The van der Waals surface area contributed by atoms with Gasteiger partial charge in [-0.2, -0.15) is 0 Å². The molecule has 3 N–H and O–H groups in total. The highest BCUT2D eigenvalue weighted by molar-refractivity contribution is 5.98. The van der Waals surface area contributed by atoms with Crippen molar-refractivity contribution in [3.05, 3.63) is 17.8 Å². The lowest BCUT2D eigenvalue weighted by Gasteiger charge is -2.23. The van der Waals surface area contributed by atoms with E-state index in [9.17, 15) is 9.59 Å². The molecule has 0 aromatic carbocycles. The molecule has 7 nitrogen and oxygen atoms in total. The number of anilines is 2. The minimum absolute atomic E-state index is 0.122. The van der Waals surface area contributed by atoms with Crippen LogP contribution >= 0.6 is 0 Å². The molecule has 0 spiro atoms. The molecule has 0 saturated heterocycles. The minimum Gasteiger partial charge on any atom is -0.462 e. The molecule has 20 heavy (non-hydrogen) atoms. The number of ether oxygens (including phenoxy) is 1. The molecule has 0 aliphatic rings. The molecule has 110 valence electrons. The zero-order valence-corrected chi connectivity index (χ0v) is 12.0. The lowest BCUT2D eigenvalue weighted by atomic mass is 10.2. The molecule has 0 aliphatic heterocycles. The standard InChI is InChI=1S/C13H20N4O3/c1-4-17(8-10(18)15-3)12-11(14)9(6-7-16-12)13(19)20-5-2/h6-7H,4-5,8,14H2,1-3H3,(H,15,18). The van der Waals surface area contributed by atoms with E-state index in [1.54, 1.807) is 18.9 Å². The normalized spacial score (nSPS) is 9.95. The average Bonchev–Trinajstić information content (AvgIpc) is 2.45. The summed E-state index contributed by atoms with van der Waals surface area (Å²) >= 11 is 0. The van der Waals surface area contributed by atoms with Crippen molar-refractivity contribution in [3.8, 4) is 0 Å². The van der Waals surface area contributed by atoms with Crippen molar-refractivity contribution in [2.24, 2.45) is 0 Å². The van der Waals surface area contributed by atoms with E-state index in [-0.39, 0.29) is 30.3 Å². The van der Waals surface area contributed by atoms with Gasteiger partial charge in [-0.15, -0.1) is 0 Å². The average molecular weight is 280 g/mol. The second-order valence-electron chi connectivity index (χ2n) is 4.00. The highest BCUT2D eigenvalue weighted by Gasteiger charge is 2.19. The van der Waals surface area contributed by atoms with Crippen LogP contribution in [0.3, 0.4) is 0 Å². The Balaban J connectivity index is 3.08. The van der Waals surface area contributed by atoms with Gasteiger partial charge in [0.25, 0.3) is 0 Å². The number of nitrogens with zero attached hydrogens (tertiary/aromatic N) is 2. The molecule has 1 amide bonds. The molecule has 1 rings (SSSR count). The number of hydrogen-bond acceptors (Lipinski definition) is 6. The Morgan fingerprint density at radius 2 is 2.15 bits per heavy atom. The van der Waals surface area contributed by atoms with Gasteiger partial charge in [-0.25, -0.2) is 9.78 Å². The Morgan fingerprint density at radius 3 is 2.70 bits per heavy atom. The molecule has 0 radical (unpaired) electrons. The summed E-state index contributed by atoms with van der Waals surface area (Å²) in [4.78, 5) is 29.1. The number of nitrogen functional groups attached to an aromatic ring is 1. The van der Waals surface area contributed by atoms with Gasteiger partial charge in [0, 0.05) is 19.8 Å². The second kappa shape index (κ2) is 7.32. The molecule has 0 unspecified atom stereocenters. The van der Waals surface area contributed by atoms with Crippen LogP contribution in [0.4, 0.5) is 11.5 Å². The van der Waals surface area contributed by atoms with E-state index in [1.165, 1.54) is 12.3 Å². The van der Waals surface area contributed by atoms with E-state index in [1.807, 2.05) is 6.92 Å². The summed E-state index contributed by atoms with van der Waals surface area (Å²) in [6.45, 7) is 4.53. The number of rotatable bonds is 6. The van der Waals surface area contributed by atoms with E-state index >= 15 is 0 Å². The summed E-state index contributed by atoms with van der Waals surface area (Å²) in [5.74, 6) is -0.249. The van der Waals surface area contributed by atoms with Gasteiger partial charge < -0.3 is 20.7 Å². The number of aromatic nitrogens is 1. The van der Waals surface area contributed by atoms with Crippen molar-refractivity contribution in [1.82, 2.24) is 10.3 Å². The van der Waals surface area contributed by atoms with E-state index in [2.05, 4.69) is 10.3 Å². The van der Waals surface area contributed by atoms with E-state index < -0.39 is 5.97 Å². The fourth-order valence-electron chi connectivity index (χ4n) is 1.69. The summed E-state index contributed by atoms with van der Waals surface area (Å²) in [6, 6.07) is 1.50. The van der Waals surface area contributed by atoms with E-state index in [0.29, 0.717) is 12.4 Å². The zero-order valence-electron chi connectivity index (χ0n) is 12.0. The molecular weight excluding hydrogens is 260 g/mol. The Bertz CT molecular complexity index is 491. The SMILES string of the molecule is CCOC(=O)c1ccnc(N(CC)CC(=O)NC)c1N.